The first-order valence-corrected chi connectivity index (χ1v) is 8.67. The molecule has 132 valence electrons. The standard InChI is InChI=1S/C21H24O4/c1-3-4-5-8-15-24-18-13-11-17(12-14-18)21(23)19-9-6-7-10-20(19)25-16(2)22/h6-7,9-14H,3-5,8,15H2,1-2H3. The molecule has 0 fully saturated rings. The summed E-state index contributed by atoms with van der Waals surface area (Å²) in [6.07, 6.45) is 4.62. The van der Waals surface area contributed by atoms with Crippen LogP contribution in [0, 0.1) is 0 Å². The second-order valence-electron chi connectivity index (χ2n) is 5.85. The summed E-state index contributed by atoms with van der Waals surface area (Å²) in [6, 6.07) is 13.8. The molecule has 0 bridgehead atoms. The Labute approximate surface area is 148 Å². The Bertz CT molecular complexity index is 704. The number of rotatable bonds is 9. The maximum absolute atomic E-state index is 12.7. The number of unbranched alkanes of at least 4 members (excludes halogenated alkanes) is 3. The van der Waals surface area contributed by atoms with Gasteiger partial charge in [0, 0.05) is 12.5 Å². The van der Waals surface area contributed by atoms with Crippen LogP contribution in [0.5, 0.6) is 11.5 Å². The van der Waals surface area contributed by atoms with Gasteiger partial charge in [-0.25, -0.2) is 0 Å². The predicted molar refractivity (Wildman–Crippen MR) is 97.3 cm³/mol. The fourth-order valence-electron chi connectivity index (χ4n) is 2.47. The van der Waals surface area contributed by atoms with Crippen molar-refractivity contribution >= 4 is 11.8 Å². The lowest BCUT2D eigenvalue weighted by molar-refractivity contribution is -0.131. The molecule has 25 heavy (non-hydrogen) atoms. The highest BCUT2D eigenvalue weighted by Gasteiger charge is 2.15. The molecular weight excluding hydrogens is 316 g/mol. The lowest BCUT2D eigenvalue weighted by Gasteiger charge is -2.09. The Balaban J connectivity index is 2.02. The van der Waals surface area contributed by atoms with Crippen molar-refractivity contribution in [3.05, 3.63) is 59.7 Å². The summed E-state index contributed by atoms with van der Waals surface area (Å²) in [7, 11) is 0. The number of benzene rings is 2. The zero-order chi connectivity index (χ0) is 18.1. The minimum absolute atomic E-state index is 0.189. The second-order valence-corrected chi connectivity index (χ2v) is 5.85. The van der Waals surface area contributed by atoms with Crippen molar-refractivity contribution in [2.75, 3.05) is 6.61 Å². The van der Waals surface area contributed by atoms with Crippen LogP contribution in [0.2, 0.25) is 0 Å². The van der Waals surface area contributed by atoms with Crippen molar-refractivity contribution in [1.82, 2.24) is 0 Å². The number of carbonyl (C=O) groups excluding carboxylic acids is 2. The highest BCUT2D eigenvalue weighted by Crippen LogP contribution is 2.23. The van der Waals surface area contributed by atoms with Crippen LogP contribution < -0.4 is 9.47 Å². The van der Waals surface area contributed by atoms with Gasteiger partial charge in [0.15, 0.2) is 5.78 Å². The van der Waals surface area contributed by atoms with Gasteiger partial charge in [-0.15, -0.1) is 0 Å². The average Bonchev–Trinajstić information content (AvgIpc) is 2.61. The monoisotopic (exact) mass is 340 g/mol. The van der Waals surface area contributed by atoms with Gasteiger partial charge in [-0.05, 0) is 42.8 Å². The molecular formula is C21H24O4. The van der Waals surface area contributed by atoms with Crippen molar-refractivity contribution in [3.8, 4) is 11.5 Å². The fraction of sp³-hybridized carbons (Fsp3) is 0.333. The van der Waals surface area contributed by atoms with E-state index in [1.165, 1.54) is 26.2 Å². The van der Waals surface area contributed by atoms with Crippen molar-refractivity contribution in [3.63, 3.8) is 0 Å². The maximum Gasteiger partial charge on any atom is 0.308 e. The number of carbonyl (C=O) groups is 2. The molecule has 0 atom stereocenters. The molecule has 0 radical (unpaired) electrons. The summed E-state index contributed by atoms with van der Waals surface area (Å²) in [5.41, 5.74) is 0.892. The summed E-state index contributed by atoms with van der Waals surface area (Å²) < 4.78 is 10.8. The number of esters is 1. The molecule has 0 saturated heterocycles. The molecule has 0 unspecified atom stereocenters. The van der Waals surface area contributed by atoms with Gasteiger partial charge in [-0.3, -0.25) is 9.59 Å². The van der Waals surface area contributed by atoms with E-state index in [0.717, 1.165) is 12.2 Å². The summed E-state index contributed by atoms with van der Waals surface area (Å²) in [5, 5.41) is 0. The second kappa shape index (κ2) is 9.62. The third kappa shape index (κ3) is 5.75. The van der Waals surface area contributed by atoms with Crippen LogP contribution in [0.15, 0.2) is 48.5 Å². The van der Waals surface area contributed by atoms with Gasteiger partial charge in [-0.2, -0.15) is 0 Å². The number of para-hydroxylation sites is 1. The van der Waals surface area contributed by atoms with Gasteiger partial charge in [0.2, 0.25) is 0 Å². The number of ether oxygens (including phenoxy) is 2. The molecule has 2 aromatic carbocycles. The lowest BCUT2D eigenvalue weighted by Crippen LogP contribution is -2.08. The Kier molecular flexibility index (Phi) is 7.20. The van der Waals surface area contributed by atoms with Gasteiger partial charge >= 0.3 is 5.97 Å². The highest BCUT2D eigenvalue weighted by atomic mass is 16.5. The fourth-order valence-corrected chi connectivity index (χ4v) is 2.47. The lowest BCUT2D eigenvalue weighted by atomic mass is 10.0. The maximum atomic E-state index is 12.7. The molecule has 2 aromatic rings. The predicted octanol–water partition coefficient (Wildman–Crippen LogP) is 4.80. The van der Waals surface area contributed by atoms with Crippen molar-refractivity contribution in [2.45, 2.75) is 39.5 Å². The van der Waals surface area contributed by atoms with Crippen LogP contribution in [0.25, 0.3) is 0 Å². The molecule has 0 heterocycles. The summed E-state index contributed by atoms with van der Waals surface area (Å²) >= 11 is 0. The average molecular weight is 340 g/mol. The van der Waals surface area contributed by atoms with Crippen LogP contribution >= 0.6 is 0 Å². The van der Waals surface area contributed by atoms with Gasteiger partial charge in [0.25, 0.3) is 0 Å². The summed E-state index contributed by atoms with van der Waals surface area (Å²) in [6.45, 7) is 4.17. The first-order valence-electron chi connectivity index (χ1n) is 8.67. The van der Waals surface area contributed by atoms with E-state index in [-0.39, 0.29) is 11.5 Å². The molecule has 0 aliphatic rings. The van der Waals surface area contributed by atoms with Gasteiger partial charge < -0.3 is 9.47 Å². The minimum atomic E-state index is -0.452. The molecule has 0 saturated carbocycles. The quantitative estimate of drug-likeness (QED) is 0.285. The van der Waals surface area contributed by atoms with Gasteiger partial charge in [0.05, 0.1) is 12.2 Å². The van der Waals surface area contributed by atoms with E-state index in [1.54, 1.807) is 48.5 Å². The molecule has 4 nitrogen and oxygen atoms in total. The smallest absolute Gasteiger partial charge is 0.308 e. The van der Waals surface area contributed by atoms with E-state index >= 15 is 0 Å². The van der Waals surface area contributed by atoms with Crippen molar-refractivity contribution in [2.24, 2.45) is 0 Å². The van der Waals surface area contributed by atoms with Crippen LogP contribution in [-0.4, -0.2) is 18.4 Å². The van der Waals surface area contributed by atoms with Gasteiger partial charge in [-0.1, -0.05) is 38.3 Å². The first-order chi connectivity index (χ1) is 12.1. The Hall–Kier alpha value is -2.62. The van der Waals surface area contributed by atoms with Gasteiger partial charge in [0.1, 0.15) is 11.5 Å². The number of hydrogen-bond donors (Lipinski definition) is 0. The van der Waals surface area contributed by atoms with E-state index in [4.69, 9.17) is 9.47 Å². The van der Waals surface area contributed by atoms with E-state index in [2.05, 4.69) is 6.92 Å². The molecule has 4 heteroatoms. The van der Waals surface area contributed by atoms with Crippen LogP contribution in [0.4, 0.5) is 0 Å². The Morgan fingerprint density at radius 3 is 2.32 bits per heavy atom. The summed E-state index contributed by atoms with van der Waals surface area (Å²) in [5.74, 6) is 0.385. The van der Waals surface area contributed by atoms with Crippen molar-refractivity contribution in [1.29, 1.82) is 0 Å². The number of hydrogen-bond acceptors (Lipinski definition) is 4. The van der Waals surface area contributed by atoms with E-state index in [9.17, 15) is 9.59 Å². The third-order valence-electron chi connectivity index (χ3n) is 3.77. The Morgan fingerprint density at radius 1 is 0.920 bits per heavy atom. The van der Waals surface area contributed by atoms with E-state index in [0.29, 0.717) is 17.7 Å². The zero-order valence-corrected chi connectivity index (χ0v) is 14.8. The van der Waals surface area contributed by atoms with Crippen LogP contribution in [0.3, 0.4) is 0 Å². The highest BCUT2D eigenvalue weighted by molar-refractivity contribution is 6.11. The first kappa shape index (κ1) is 18.7. The van der Waals surface area contributed by atoms with E-state index in [1.807, 2.05) is 0 Å². The minimum Gasteiger partial charge on any atom is -0.494 e. The molecule has 0 N–H and O–H groups in total. The topological polar surface area (TPSA) is 52.6 Å². The molecule has 0 aliphatic carbocycles. The number of ketones is 1. The van der Waals surface area contributed by atoms with E-state index < -0.39 is 5.97 Å². The summed E-state index contributed by atoms with van der Waals surface area (Å²) in [4.78, 5) is 23.8. The zero-order valence-electron chi connectivity index (χ0n) is 14.8. The third-order valence-corrected chi connectivity index (χ3v) is 3.77. The van der Waals surface area contributed by atoms with Crippen LogP contribution in [0.1, 0.15) is 55.5 Å². The Morgan fingerprint density at radius 2 is 1.64 bits per heavy atom. The van der Waals surface area contributed by atoms with Crippen LogP contribution in [-0.2, 0) is 4.79 Å². The molecule has 2 rings (SSSR count). The molecule has 0 aliphatic heterocycles. The van der Waals surface area contributed by atoms with Crippen molar-refractivity contribution < 1.29 is 19.1 Å². The molecule has 0 aromatic heterocycles. The normalized spacial score (nSPS) is 10.3. The largest absolute Gasteiger partial charge is 0.494 e. The molecule has 0 amide bonds. The SMILES string of the molecule is CCCCCCOc1ccc(C(=O)c2ccccc2OC(C)=O)cc1. The molecule has 0 spiro atoms.